The van der Waals surface area contributed by atoms with Gasteiger partial charge in [0.05, 0.1) is 0 Å². The molecule has 0 fully saturated rings. The van der Waals surface area contributed by atoms with E-state index in [1.807, 2.05) is 37.3 Å². The second-order valence-electron chi connectivity index (χ2n) is 15.5. The summed E-state index contributed by atoms with van der Waals surface area (Å²) in [7, 11) is 0. The highest BCUT2D eigenvalue weighted by Gasteiger charge is 2.19. The van der Waals surface area contributed by atoms with E-state index in [0.29, 0.717) is 0 Å². The minimum absolute atomic E-state index is 0.142. The zero-order chi connectivity index (χ0) is 44.0. The number of nitrogens with zero attached hydrogens (tertiary/aromatic N) is 4. The van der Waals surface area contributed by atoms with Gasteiger partial charge in [-0.15, -0.1) is 0 Å². The molecule has 1 atom stereocenters. The van der Waals surface area contributed by atoms with E-state index in [-0.39, 0.29) is 6.04 Å². The number of benzene rings is 8. The molecule has 8 rings (SSSR count). The molecule has 0 aliphatic carbocycles. The molecule has 8 aromatic rings. The minimum atomic E-state index is 0.142. The van der Waals surface area contributed by atoms with Gasteiger partial charge in [0.2, 0.25) is 0 Å². The van der Waals surface area contributed by atoms with Crippen molar-refractivity contribution in [2.75, 3.05) is 25.3 Å². The summed E-state index contributed by atoms with van der Waals surface area (Å²) < 4.78 is 0. The first kappa shape index (κ1) is 43.3. The molecule has 5 nitrogen and oxygen atoms in total. The predicted octanol–water partition coefficient (Wildman–Crippen LogP) is 16.3. The van der Waals surface area contributed by atoms with E-state index in [1.165, 1.54) is 22.5 Å². The summed E-state index contributed by atoms with van der Waals surface area (Å²) in [6.45, 7) is 10.6. The highest BCUT2D eigenvalue weighted by molar-refractivity contribution is 5.81. The van der Waals surface area contributed by atoms with Gasteiger partial charge in [-0.1, -0.05) is 103 Å². The molecule has 5 heteroatoms. The highest BCUT2D eigenvalue weighted by Crippen LogP contribution is 2.40. The minimum Gasteiger partial charge on any atom is -0.399 e. The van der Waals surface area contributed by atoms with Gasteiger partial charge >= 0.3 is 0 Å². The van der Waals surface area contributed by atoms with Crippen LogP contribution in [-0.4, -0.2) is 6.04 Å². The Labute approximate surface area is 374 Å². The van der Waals surface area contributed by atoms with Crippen molar-refractivity contribution in [1.82, 2.24) is 0 Å². The van der Waals surface area contributed by atoms with Crippen LogP contribution in [0.15, 0.2) is 237 Å². The maximum absolute atomic E-state index is 6.20. The van der Waals surface area contributed by atoms with Gasteiger partial charge in [0.25, 0.3) is 0 Å². The third-order valence-electron chi connectivity index (χ3n) is 10.7. The smallest absolute Gasteiger partial charge is 0.0493 e. The maximum Gasteiger partial charge on any atom is 0.0493 e. The van der Waals surface area contributed by atoms with E-state index < -0.39 is 0 Å². The molecule has 0 heterocycles. The first-order chi connectivity index (χ1) is 30.8. The lowest BCUT2D eigenvalue weighted by molar-refractivity contribution is 0.863. The van der Waals surface area contributed by atoms with E-state index in [9.17, 15) is 0 Å². The lowest BCUT2D eigenvalue weighted by Gasteiger charge is -2.32. The molecule has 8 aromatic carbocycles. The topological polar surface area (TPSA) is 39.0 Å². The number of nitrogen functional groups attached to an aromatic ring is 1. The monoisotopic (exact) mass is 823 g/mol. The molecule has 0 saturated heterocycles. The van der Waals surface area contributed by atoms with Crippen LogP contribution in [0.5, 0.6) is 0 Å². The van der Waals surface area contributed by atoms with Crippen molar-refractivity contribution in [3.63, 3.8) is 0 Å². The van der Waals surface area contributed by atoms with E-state index in [2.05, 4.69) is 254 Å². The fourth-order valence-corrected chi connectivity index (χ4v) is 7.82. The molecule has 63 heavy (non-hydrogen) atoms. The van der Waals surface area contributed by atoms with Gasteiger partial charge in [-0.3, -0.25) is 0 Å². The van der Waals surface area contributed by atoms with Crippen molar-refractivity contribution in [3.05, 3.63) is 248 Å². The van der Waals surface area contributed by atoms with E-state index >= 15 is 0 Å². The third-order valence-corrected chi connectivity index (χ3v) is 10.7. The van der Waals surface area contributed by atoms with Gasteiger partial charge in [0.1, 0.15) is 0 Å². The number of rotatable bonds is 13. The summed E-state index contributed by atoms with van der Waals surface area (Å²) in [4.78, 5) is 9.10. The largest absolute Gasteiger partial charge is 0.399 e. The number of allylic oxidation sites excluding steroid dienone is 2. The summed E-state index contributed by atoms with van der Waals surface area (Å²) in [6, 6.07) is 74.3. The number of anilines is 11. The molecule has 0 aliphatic heterocycles. The zero-order valence-corrected chi connectivity index (χ0v) is 37.0. The third kappa shape index (κ3) is 11.0. The Morgan fingerprint density at radius 1 is 0.381 bits per heavy atom. The summed E-state index contributed by atoms with van der Waals surface area (Å²) in [5.41, 5.74) is 20.6. The van der Waals surface area contributed by atoms with Gasteiger partial charge in [0.15, 0.2) is 0 Å². The number of aryl methyl sites for hydroxylation is 2. The van der Waals surface area contributed by atoms with E-state index in [0.717, 1.165) is 51.2 Å². The fourth-order valence-electron chi connectivity index (χ4n) is 7.82. The lowest BCUT2D eigenvalue weighted by atomic mass is 10.1. The average molecular weight is 824 g/mol. The number of hydrogen-bond donors (Lipinski definition) is 1. The Balaban J connectivity index is 0.000000292. The van der Waals surface area contributed by atoms with Gasteiger partial charge < -0.3 is 25.3 Å². The van der Waals surface area contributed by atoms with Crippen LogP contribution in [-0.2, 0) is 0 Å². The first-order valence-electron chi connectivity index (χ1n) is 21.6. The summed E-state index contributed by atoms with van der Waals surface area (Å²) in [5.74, 6) is 0. The Morgan fingerprint density at radius 2 is 0.762 bits per heavy atom. The van der Waals surface area contributed by atoms with E-state index in [1.54, 1.807) is 0 Å². The number of nitrogens with two attached hydrogens (primary N) is 1. The normalized spacial score (nSPS) is 11.4. The van der Waals surface area contributed by atoms with Crippen LogP contribution in [0.1, 0.15) is 31.9 Å². The molecule has 1 unspecified atom stereocenters. The lowest BCUT2D eigenvalue weighted by Crippen LogP contribution is -2.26. The van der Waals surface area contributed by atoms with Crippen LogP contribution < -0.4 is 25.3 Å². The quantitative estimate of drug-likeness (QED) is 0.0926. The molecule has 0 spiro atoms. The fraction of sp³-hybridized carbons (Fsp3) is 0.103. The molecule has 314 valence electrons. The van der Waals surface area contributed by atoms with Crippen LogP contribution in [0.2, 0.25) is 0 Å². The second kappa shape index (κ2) is 21.2. The molecular formula is C58H57N5. The average Bonchev–Trinajstić information content (AvgIpc) is 3.31. The summed E-state index contributed by atoms with van der Waals surface area (Å²) in [5, 5.41) is 0. The van der Waals surface area contributed by atoms with Gasteiger partial charge in [0, 0.05) is 74.8 Å². The molecule has 2 N–H and O–H groups in total. The van der Waals surface area contributed by atoms with Gasteiger partial charge in [-0.05, 0) is 173 Å². The molecule has 0 bridgehead atoms. The molecule has 0 saturated carbocycles. The predicted molar refractivity (Wildman–Crippen MR) is 272 cm³/mol. The Hall–Kier alpha value is -7.76. The van der Waals surface area contributed by atoms with Crippen molar-refractivity contribution < 1.29 is 0 Å². The molecular weight excluding hydrogens is 767 g/mol. The van der Waals surface area contributed by atoms with Crippen molar-refractivity contribution in [2.45, 2.75) is 40.7 Å². The molecule has 0 radical (unpaired) electrons. The van der Waals surface area contributed by atoms with Crippen molar-refractivity contribution >= 4 is 62.6 Å². The van der Waals surface area contributed by atoms with Crippen LogP contribution in [0.25, 0.3) is 0 Å². The second-order valence-corrected chi connectivity index (χ2v) is 15.5. The number of hydrogen-bond acceptors (Lipinski definition) is 5. The summed E-state index contributed by atoms with van der Waals surface area (Å²) in [6.07, 6.45) is 8.49. The SMILES string of the molecule is C/C=C/N(c1ccccc1)c1cccc(C)c1.C/C=C\C(C)N(c1ccc(N(c2ccccc2)c2cccc(C)c2)cc1)c1ccc(N(c2ccccc2)c2cccc(N)c2)cc1. The Kier molecular flexibility index (Phi) is 14.6. The molecule has 0 amide bonds. The van der Waals surface area contributed by atoms with E-state index in [4.69, 9.17) is 5.73 Å². The number of para-hydroxylation sites is 3. The van der Waals surface area contributed by atoms with Crippen molar-refractivity contribution in [1.29, 1.82) is 0 Å². The van der Waals surface area contributed by atoms with Crippen molar-refractivity contribution in [2.24, 2.45) is 0 Å². The first-order valence-corrected chi connectivity index (χ1v) is 21.6. The van der Waals surface area contributed by atoms with Crippen LogP contribution >= 0.6 is 0 Å². The summed E-state index contributed by atoms with van der Waals surface area (Å²) >= 11 is 0. The molecule has 0 aliphatic rings. The molecule has 0 aromatic heterocycles. The Morgan fingerprint density at radius 3 is 1.21 bits per heavy atom. The van der Waals surface area contributed by atoms with Gasteiger partial charge in [-0.25, -0.2) is 0 Å². The standard InChI is InChI=1S/C42H40N4.C16H17N/c1-4-13-33(3)44(37-22-26-39(27-23-37)45(35-16-7-5-8-17-35)41-20-11-14-32(2)30-41)38-24-28-40(29-25-38)46(36-18-9-6-10-19-36)42-21-12-15-34(43)31-42;1-3-12-17(15-9-5-4-6-10-15)16-11-7-8-14(2)13-16/h4-31,33H,43H2,1-3H3;3-13H,1-2H3/b13-4-;12-3+. The highest BCUT2D eigenvalue weighted by atomic mass is 15.2. The van der Waals surface area contributed by atoms with Gasteiger partial charge in [-0.2, -0.15) is 0 Å². The van der Waals surface area contributed by atoms with Crippen molar-refractivity contribution in [3.8, 4) is 0 Å². The van der Waals surface area contributed by atoms with Crippen LogP contribution in [0, 0.1) is 13.8 Å². The van der Waals surface area contributed by atoms with Crippen LogP contribution in [0.4, 0.5) is 62.6 Å². The zero-order valence-electron chi connectivity index (χ0n) is 37.0. The van der Waals surface area contributed by atoms with Crippen LogP contribution in [0.3, 0.4) is 0 Å². The maximum atomic E-state index is 6.20. The Bertz CT molecular complexity index is 2560.